The van der Waals surface area contributed by atoms with Gasteiger partial charge < -0.3 is 10.2 Å². The Bertz CT molecular complexity index is 314. The zero-order valence-corrected chi connectivity index (χ0v) is 8.87. The standard InChI is InChI=1S/C7H12N4O2S/c1-8-3-4-10(2)7-9-5-6(14-7)11(12)13/h5,8H,3-4H2,1-2H3. The third kappa shape index (κ3) is 2.64. The molecule has 0 spiro atoms. The molecule has 1 aromatic rings. The molecular formula is C7H12N4O2S. The van der Waals surface area contributed by atoms with Gasteiger partial charge in [-0.3, -0.25) is 10.1 Å². The van der Waals surface area contributed by atoms with Crippen molar-refractivity contribution in [1.82, 2.24) is 10.3 Å². The SMILES string of the molecule is CNCCN(C)c1ncc([N+](=O)[O-])s1. The predicted molar refractivity (Wildman–Crippen MR) is 56.0 cm³/mol. The number of likely N-dealkylation sites (N-methyl/N-ethyl adjacent to an activating group) is 2. The molecular weight excluding hydrogens is 204 g/mol. The van der Waals surface area contributed by atoms with Crippen molar-refractivity contribution in [2.45, 2.75) is 0 Å². The third-order valence-corrected chi connectivity index (χ3v) is 2.75. The Morgan fingerprint density at radius 2 is 2.50 bits per heavy atom. The number of nitrogens with zero attached hydrogens (tertiary/aromatic N) is 3. The number of anilines is 1. The van der Waals surface area contributed by atoms with Gasteiger partial charge in [-0.05, 0) is 18.4 Å². The maximum Gasteiger partial charge on any atom is 0.345 e. The highest BCUT2D eigenvalue weighted by Gasteiger charge is 2.13. The van der Waals surface area contributed by atoms with Crippen LogP contribution in [0.1, 0.15) is 0 Å². The van der Waals surface area contributed by atoms with E-state index in [4.69, 9.17) is 0 Å². The number of hydrogen-bond donors (Lipinski definition) is 1. The summed E-state index contributed by atoms with van der Waals surface area (Å²) in [5.74, 6) is 0. The van der Waals surface area contributed by atoms with Crippen LogP contribution >= 0.6 is 11.3 Å². The fourth-order valence-electron chi connectivity index (χ4n) is 0.893. The number of hydrogen-bond acceptors (Lipinski definition) is 6. The molecule has 0 atom stereocenters. The van der Waals surface area contributed by atoms with E-state index >= 15 is 0 Å². The van der Waals surface area contributed by atoms with Gasteiger partial charge >= 0.3 is 5.00 Å². The Morgan fingerprint density at radius 3 is 3.00 bits per heavy atom. The van der Waals surface area contributed by atoms with E-state index in [1.165, 1.54) is 6.20 Å². The lowest BCUT2D eigenvalue weighted by Gasteiger charge is -2.14. The van der Waals surface area contributed by atoms with Gasteiger partial charge in [-0.15, -0.1) is 0 Å². The summed E-state index contributed by atoms with van der Waals surface area (Å²) < 4.78 is 0. The molecule has 1 N–H and O–H groups in total. The van der Waals surface area contributed by atoms with Crippen molar-refractivity contribution in [1.29, 1.82) is 0 Å². The minimum absolute atomic E-state index is 0.0799. The van der Waals surface area contributed by atoms with Gasteiger partial charge in [0.25, 0.3) is 0 Å². The Labute approximate surface area is 85.7 Å². The Morgan fingerprint density at radius 1 is 1.79 bits per heavy atom. The molecule has 78 valence electrons. The van der Waals surface area contributed by atoms with Crippen LogP contribution in [0.5, 0.6) is 0 Å². The van der Waals surface area contributed by atoms with Crippen LogP contribution in [-0.2, 0) is 0 Å². The molecule has 0 bridgehead atoms. The molecule has 0 aliphatic heterocycles. The number of thiazole rings is 1. The fourth-order valence-corrected chi connectivity index (χ4v) is 1.61. The van der Waals surface area contributed by atoms with Crippen molar-refractivity contribution >= 4 is 21.5 Å². The second-order valence-corrected chi connectivity index (χ2v) is 3.75. The molecule has 0 saturated carbocycles. The van der Waals surface area contributed by atoms with E-state index in [1.807, 2.05) is 19.0 Å². The first-order valence-corrected chi connectivity index (χ1v) is 4.92. The molecule has 1 rings (SSSR count). The first-order valence-electron chi connectivity index (χ1n) is 4.11. The normalized spacial score (nSPS) is 10.1. The van der Waals surface area contributed by atoms with Crippen LogP contribution in [0.4, 0.5) is 10.1 Å². The van der Waals surface area contributed by atoms with Gasteiger partial charge in [0.2, 0.25) is 0 Å². The zero-order chi connectivity index (χ0) is 10.6. The smallest absolute Gasteiger partial charge is 0.345 e. The number of nitrogens with one attached hydrogen (secondary N) is 1. The Kier molecular flexibility index (Phi) is 3.78. The summed E-state index contributed by atoms with van der Waals surface area (Å²) >= 11 is 1.09. The van der Waals surface area contributed by atoms with Gasteiger partial charge in [0.1, 0.15) is 6.20 Å². The number of aromatic nitrogens is 1. The molecule has 0 aromatic carbocycles. The highest BCUT2D eigenvalue weighted by atomic mass is 32.1. The number of rotatable bonds is 5. The quantitative estimate of drug-likeness (QED) is 0.579. The average Bonchev–Trinajstić information content (AvgIpc) is 2.62. The summed E-state index contributed by atoms with van der Waals surface area (Å²) in [6, 6.07) is 0. The van der Waals surface area contributed by atoms with E-state index in [2.05, 4.69) is 10.3 Å². The monoisotopic (exact) mass is 216 g/mol. The molecule has 0 unspecified atom stereocenters. The second-order valence-electron chi connectivity index (χ2n) is 2.76. The van der Waals surface area contributed by atoms with E-state index in [-0.39, 0.29) is 5.00 Å². The summed E-state index contributed by atoms with van der Waals surface area (Å²) in [5.41, 5.74) is 0. The van der Waals surface area contributed by atoms with Crippen LogP contribution in [0.3, 0.4) is 0 Å². The number of nitro groups is 1. The van der Waals surface area contributed by atoms with Crippen LogP contribution < -0.4 is 10.2 Å². The van der Waals surface area contributed by atoms with Crippen molar-refractivity contribution < 1.29 is 4.92 Å². The topological polar surface area (TPSA) is 71.3 Å². The van der Waals surface area contributed by atoms with Crippen LogP contribution in [0.2, 0.25) is 0 Å². The maximum absolute atomic E-state index is 10.4. The molecule has 0 saturated heterocycles. The van der Waals surface area contributed by atoms with Crippen molar-refractivity contribution in [2.75, 3.05) is 32.1 Å². The second kappa shape index (κ2) is 4.87. The molecule has 1 heterocycles. The van der Waals surface area contributed by atoms with E-state index in [0.29, 0.717) is 5.13 Å². The molecule has 6 nitrogen and oxygen atoms in total. The van der Waals surface area contributed by atoms with Crippen molar-refractivity contribution in [3.05, 3.63) is 16.3 Å². The lowest BCUT2D eigenvalue weighted by Crippen LogP contribution is -2.26. The van der Waals surface area contributed by atoms with Crippen molar-refractivity contribution in [2.24, 2.45) is 0 Å². The summed E-state index contributed by atoms with van der Waals surface area (Å²) in [5, 5.41) is 14.1. The van der Waals surface area contributed by atoms with E-state index in [9.17, 15) is 10.1 Å². The first-order chi connectivity index (χ1) is 6.65. The van der Waals surface area contributed by atoms with Gasteiger partial charge in [0, 0.05) is 20.1 Å². The fraction of sp³-hybridized carbons (Fsp3) is 0.571. The van der Waals surface area contributed by atoms with Crippen LogP contribution in [0.15, 0.2) is 6.20 Å². The minimum Gasteiger partial charge on any atom is -0.350 e. The molecule has 1 aromatic heterocycles. The average molecular weight is 216 g/mol. The minimum atomic E-state index is -0.424. The summed E-state index contributed by atoms with van der Waals surface area (Å²) in [7, 11) is 3.72. The third-order valence-electron chi connectivity index (χ3n) is 1.68. The van der Waals surface area contributed by atoms with Gasteiger partial charge in [-0.1, -0.05) is 0 Å². The summed E-state index contributed by atoms with van der Waals surface area (Å²) in [6.45, 7) is 1.60. The highest BCUT2D eigenvalue weighted by Crippen LogP contribution is 2.26. The van der Waals surface area contributed by atoms with Crippen LogP contribution in [-0.4, -0.2) is 37.1 Å². The lowest BCUT2D eigenvalue weighted by molar-refractivity contribution is -0.380. The van der Waals surface area contributed by atoms with E-state index in [0.717, 1.165) is 24.4 Å². The summed E-state index contributed by atoms with van der Waals surface area (Å²) in [6.07, 6.45) is 1.29. The Hall–Kier alpha value is -1.21. The predicted octanol–water partition coefficient (Wildman–Crippen LogP) is 0.707. The molecule has 14 heavy (non-hydrogen) atoms. The highest BCUT2D eigenvalue weighted by molar-refractivity contribution is 7.18. The van der Waals surface area contributed by atoms with Crippen LogP contribution in [0, 0.1) is 10.1 Å². The summed E-state index contributed by atoms with van der Waals surface area (Å²) in [4.78, 5) is 15.8. The van der Waals surface area contributed by atoms with Crippen molar-refractivity contribution in [3.63, 3.8) is 0 Å². The lowest BCUT2D eigenvalue weighted by atomic mass is 10.6. The first kappa shape index (κ1) is 10.9. The molecule has 7 heteroatoms. The molecule has 0 fully saturated rings. The van der Waals surface area contributed by atoms with Crippen molar-refractivity contribution in [3.8, 4) is 0 Å². The van der Waals surface area contributed by atoms with E-state index in [1.54, 1.807) is 0 Å². The zero-order valence-electron chi connectivity index (χ0n) is 8.06. The maximum atomic E-state index is 10.4. The molecule has 0 aliphatic carbocycles. The molecule has 0 amide bonds. The van der Waals surface area contributed by atoms with Gasteiger partial charge in [0.15, 0.2) is 5.13 Å². The Balaban J connectivity index is 2.61. The van der Waals surface area contributed by atoms with Gasteiger partial charge in [-0.2, -0.15) is 0 Å². The van der Waals surface area contributed by atoms with Crippen LogP contribution in [0.25, 0.3) is 0 Å². The molecule has 0 aliphatic rings. The van der Waals surface area contributed by atoms with E-state index < -0.39 is 4.92 Å². The van der Waals surface area contributed by atoms with Gasteiger partial charge in [0.05, 0.1) is 4.92 Å². The molecule has 0 radical (unpaired) electrons. The van der Waals surface area contributed by atoms with Gasteiger partial charge in [-0.25, -0.2) is 4.98 Å². The largest absolute Gasteiger partial charge is 0.350 e.